The second kappa shape index (κ2) is 11.6. The number of oxime groups is 1. The average Bonchev–Trinajstić information content (AvgIpc) is 3.43. The Bertz CT molecular complexity index is 1070. The first-order valence-corrected chi connectivity index (χ1v) is 13.0. The fraction of sp³-hybridized carbons (Fsp3) is 0.524. The molecule has 10 nitrogen and oxygen atoms in total. The molecule has 3 rings (SSSR count). The highest BCUT2D eigenvalue weighted by Crippen LogP contribution is 2.25. The van der Waals surface area contributed by atoms with Crippen LogP contribution >= 0.6 is 11.5 Å². The lowest BCUT2D eigenvalue weighted by atomic mass is 10.1. The molecule has 0 radical (unpaired) electrons. The molecule has 1 aliphatic carbocycles. The first-order valence-electron chi connectivity index (χ1n) is 10.5. The standard InChI is InChI=1S/C21H28N4O6S2/c1-14-22-21(32-25-14)23-20(26)19(24-31-17-8-7-16(13-17)30-3)15-5-9-18(10-6-15)33(27,28)12-4-11-29-2/h5-6,9-10,16-17H,4,7-8,11-13H2,1-3H3,(H,22,23,25,26)/t16-,17-/m1/s1. The van der Waals surface area contributed by atoms with Gasteiger partial charge in [-0.05, 0) is 38.3 Å². The molecule has 2 aromatic rings. The summed E-state index contributed by atoms with van der Waals surface area (Å²) in [6.07, 6.45) is 2.65. The van der Waals surface area contributed by atoms with E-state index in [2.05, 4.69) is 19.8 Å². The molecule has 1 saturated carbocycles. The third-order valence-electron chi connectivity index (χ3n) is 5.17. The van der Waals surface area contributed by atoms with Gasteiger partial charge in [-0.25, -0.2) is 13.4 Å². The maximum absolute atomic E-state index is 13.0. The van der Waals surface area contributed by atoms with Crippen LogP contribution in [0.1, 0.15) is 37.1 Å². The number of sulfone groups is 1. The van der Waals surface area contributed by atoms with Crippen LogP contribution in [-0.4, -0.2) is 68.2 Å². The molecular formula is C21H28N4O6S2. The molecule has 0 spiro atoms. The fourth-order valence-corrected chi connectivity index (χ4v) is 5.25. The van der Waals surface area contributed by atoms with Crippen molar-refractivity contribution < 1.29 is 27.5 Å². The maximum atomic E-state index is 13.0. The molecule has 1 aromatic carbocycles. The molecule has 33 heavy (non-hydrogen) atoms. The van der Waals surface area contributed by atoms with Gasteiger partial charge in [-0.15, -0.1) is 0 Å². The molecule has 1 N–H and O–H groups in total. The molecule has 0 saturated heterocycles. The molecule has 1 aromatic heterocycles. The molecule has 180 valence electrons. The largest absolute Gasteiger partial charge is 0.392 e. The Morgan fingerprint density at radius 3 is 2.55 bits per heavy atom. The number of hydrogen-bond donors (Lipinski definition) is 1. The third kappa shape index (κ3) is 7.03. The summed E-state index contributed by atoms with van der Waals surface area (Å²) in [7, 11) is -0.273. The van der Waals surface area contributed by atoms with Gasteiger partial charge in [0.1, 0.15) is 11.9 Å². The van der Waals surface area contributed by atoms with E-state index in [0.717, 1.165) is 24.4 Å². The zero-order valence-corrected chi connectivity index (χ0v) is 20.4. The van der Waals surface area contributed by atoms with Crippen LogP contribution in [0.25, 0.3) is 0 Å². The average molecular weight is 497 g/mol. The summed E-state index contributed by atoms with van der Waals surface area (Å²) in [6, 6.07) is 6.02. The Morgan fingerprint density at radius 1 is 1.21 bits per heavy atom. The number of rotatable bonds is 11. The minimum absolute atomic E-state index is 0.0204. The molecular weight excluding hydrogens is 468 g/mol. The van der Waals surface area contributed by atoms with Crippen molar-refractivity contribution in [1.29, 1.82) is 0 Å². The van der Waals surface area contributed by atoms with Crippen molar-refractivity contribution in [2.24, 2.45) is 5.16 Å². The molecule has 1 fully saturated rings. The number of anilines is 1. The van der Waals surface area contributed by atoms with Gasteiger partial charge in [-0.3, -0.25) is 10.1 Å². The molecule has 0 unspecified atom stereocenters. The highest BCUT2D eigenvalue weighted by molar-refractivity contribution is 7.91. The van der Waals surface area contributed by atoms with E-state index in [9.17, 15) is 13.2 Å². The van der Waals surface area contributed by atoms with Crippen molar-refractivity contribution in [3.05, 3.63) is 35.7 Å². The van der Waals surface area contributed by atoms with Crippen LogP contribution in [0.4, 0.5) is 5.13 Å². The van der Waals surface area contributed by atoms with E-state index >= 15 is 0 Å². The summed E-state index contributed by atoms with van der Waals surface area (Å²) in [5.74, 6) is -0.00324. The van der Waals surface area contributed by atoms with Crippen LogP contribution in [-0.2, 0) is 28.9 Å². The third-order valence-corrected chi connectivity index (χ3v) is 7.71. The second-order valence-electron chi connectivity index (χ2n) is 7.63. The van der Waals surface area contributed by atoms with Crippen LogP contribution in [0, 0.1) is 6.92 Å². The van der Waals surface area contributed by atoms with E-state index in [1.54, 1.807) is 26.2 Å². The van der Waals surface area contributed by atoms with Gasteiger partial charge in [0, 0.05) is 44.3 Å². The van der Waals surface area contributed by atoms with Crippen molar-refractivity contribution in [3.8, 4) is 0 Å². The Balaban J connectivity index is 1.80. The van der Waals surface area contributed by atoms with Gasteiger partial charge in [0.25, 0.3) is 5.91 Å². The van der Waals surface area contributed by atoms with Crippen LogP contribution in [0.5, 0.6) is 0 Å². The number of methoxy groups -OCH3 is 2. The monoisotopic (exact) mass is 496 g/mol. The van der Waals surface area contributed by atoms with Gasteiger partial charge in [0.2, 0.25) is 5.13 Å². The van der Waals surface area contributed by atoms with Crippen molar-refractivity contribution in [2.45, 2.75) is 49.7 Å². The predicted molar refractivity (Wildman–Crippen MR) is 124 cm³/mol. The second-order valence-corrected chi connectivity index (χ2v) is 10.5. The van der Waals surface area contributed by atoms with Crippen LogP contribution in [0.15, 0.2) is 34.3 Å². The number of benzene rings is 1. The van der Waals surface area contributed by atoms with Gasteiger partial charge >= 0.3 is 0 Å². The van der Waals surface area contributed by atoms with Gasteiger partial charge in [-0.2, -0.15) is 4.37 Å². The van der Waals surface area contributed by atoms with E-state index < -0.39 is 15.7 Å². The summed E-state index contributed by atoms with van der Waals surface area (Å²) < 4.78 is 39.4. The number of hydrogen-bond acceptors (Lipinski definition) is 10. The molecule has 12 heteroatoms. The van der Waals surface area contributed by atoms with E-state index in [1.807, 2.05) is 0 Å². The zero-order valence-electron chi connectivity index (χ0n) is 18.8. The van der Waals surface area contributed by atoms with Crippen molar-refractivity contribution in [3.63, 3.8) is 0 Å². The highest BCUT2D eigenvalue weighted by Gasteiger charge is 2.27. The number of amides is 1. The van der Waals surface area contributed by atoms with Gasteiger partial charge < -0.3 is 14.3 Å². The molecule has 2 atom stereocenters. The van der Waals surface area contributed by atoms with Crippen molar-refractivity contribution in [1.82, 2.24) is 9.36 Å². The minimum atomic E-state index is -3.46. The maximum Gasteiger partial charge on any atom is 0.280 e. The van der Waals surface area contributed by atoms with Gasteiger partial charge in [-0.1, -0.05) is 17.3 Å². The number of carbonyl (C=O) groups excluding carboxylic acids is 1. The van der Waals surface area contributed by atoms with Gasteiger partial charge in [0.15, 0.2) is 15.5 Å². The minimum Gasteiger partial charge on any atom is -0.392 e. The summed E-state index contributed by atoms with van der Waals surface area (Å²) in [5, 5.41) is 7.15. The van der Waals surface area contributed by atoms with E-state index in [1.165, 1.54) is 19.2 Å². The quantitative estimate of drug-likeness (QED) is 0.285. The van der Waals surface area contributed by atoms with E-state index in [-0.39, 0.29) is 28.6 Å². The Hall–Kier alpha value is -2.41. The number of carbonyl (C=O) groups is 1. The highest BCUT2D eigenvalue weighted by atomic mass is 32.2. The number of nitrogens with one attached hydrogen (secondary N) is 1. The normalized spacial score (nSPS) is 18.9. The lowest BCUT2D eigenvalue weighted by molar-refractivity contribution is -0.110. The lowest BCUT2D eigenvalue weighted by Gasteiger charge is -2.12. The van der Waals surface area contributed by atoms with Crippen LogP contribution in [0.3, 0.4) is 0 Å². The molecule has 1 aliphatic rings. The lowest BCUT2D eigenvalue weighted by Crippen LogP contribution is -2.25. The zero-order chi connectivity index (χ0) is 23.8. The number of aromatic nitrogens is 2. The molecule has 1 heterocycles. The van der Waals surface area contributed by atoms with Crippen LogP contribution < -0.4 is 5.32 Å². The van der Waals surface area contributed by atoms with Crippen LogP contribution in [0.2, 0.25) is 0 Å². The fourth-order valence-electron chi connectivity index (χ4n) is 3.40. The summed E-state index contributed by atoms with van der Waals surface area (Å²) in [5.41, 5.74) is 0.443. The SMILES string of the molecule is COCCCS(=O)(=O)c1ccc(C(=NO[C@@H]2CC[C@@H](OC)C2)C(=O)Nc2nc(C)ns2)cc1. The number of ether oxygens (including phenoxy) is 2. The summed E-state index contributed by atoms with van der Waals surface area (Å²) in [6.45, 7) is 2.09. The molecule has 0 bridgehead atoms. The summed E-state index contributed by atoms with van der Waals surface area (Å²) >= 11 is 1.06. The van der Waals surface area contributed by atoms with E-state index in [0.29, 0.717) is 36.0 Å². The predicted octanol–water partition coefficient (Wildman–Crippen LogP) is 2.58. The topological polar surface area (TPSA) is 129 Å². The number of aryl methyl sites for hydroxylation is 1. The first-order chi connectivity index (χ1) is 15.8. The van der Waals surface area contributed by atoms with Crippen molar-refractivity contribution >= 4 is 38.1 Å². The van der Waals surface area contributed by atoms with E-state index in [4.69, 9.17) is 14.3 Å². The number of nitrogens with zero attached hydrogens (tertiary/aromatic N) is 3. The smallest absolute Gasteiger partial charge is 0.280 e. The molecule has 0 aliphatic heterocycles. The molecule has 1 amide bonds. The van der Waals surface area contributed by atoms with Gasteiger partial charge in [0.05, 0.1) is 16.8 Å². The Morgan fingerprint density at radius 2 is 1.94 bits per heavy atom. The van der Waals surface area contributed by atoms with Crippen molar-refractivity contribution in [2.75, 3.05) is 31.9 Å². The Labute approximate surface area is 197 Å². The first kappa shape index (κ1) is 25.2. The summed E-state index contributed by atoms with van der Waals surface area (Å²) in [4.78, 5) is 22.9. The Kier molecular flexibility index (Phi) is 8.89.